The first kappa shape index (κ1) is 23.4. The Bertz CT molecular complexity index is 1780. The van der Waals surface area contributed by atoms with Crippen molar-refractivity contribution in [1.82, 2.24) is 40.0 Å². The molecule has 0 radical (unpaired) electrons. The van der Waals surface area contributed by atoms with E-state index in [9.17, 15) is 4.39 Å². The van der Waals surface area contributed by atoms with Crippen LogP contribution in [-0.4, -0.2) is 66.3 Å². The zero-order valence-electron chi connectivity index (χ0n) is 21.1. The van der Waals surface area contributed by atoms with Crippen LogP contribution >= 0.6 is 0 Å². The molecule has 2 N–H and O–H groups in total. The molecule has 1 aromatic carbocycles. The van der Waals surface area contributed by atoms with Crippen molar-refractivity contribution in [3.05, 3.63) is 72.9 Å². The largest absolute Gasteiger partial charge is 0.492 e. The van der Waals surface area contributed by atoms with E-state index in [4.69, 9.17) is 14.7 Å². The first-order valence-corrected chi connectivity index (χ1v) is 13.0. The molecule has 39 heavy (non-hydrogen) atoms. The quantitative estimate of drug-likeness (QED) is 0.296. The zero-order chi connectivity index (χ0) is 26.2. The molecule has 10 heteroatoms. The predicted octanol–water partition coefficient (Wildman–Crippen LogP) is 5.24. The van der Waals surface area contributed by atoms with E-state index in [1.807, 2.05) is 36.4 Å². The number of nitrogens with zero attached hydrogens (tertiary/aromatic N) is 6. The van der Waals surface area contributed by atoms with E-state index in [0.29, 0.717) is 46.1 Å². The van der Waals surface area contributed by atoms with Crippen LogP contribution in [0.2, 0.25) is 0 Å². The second-order valence-electron chi connectivity index (χ2n) is 9.62. The molecule has 1 aliphatic rings. The van der Waals surface area contributed by atoms with Gasteiger partial charge in [-0.1, -0.05) is 0 Å². The van der Waals surface area contributed by atoms with E-state index in [0.717, 1.165) is 42.0 Å². The molecule has 0 aliphatic carbocycles. The summed E-state index contributed by atoms with van der Waals surface area (Å²) >= 11 is 0. The van der Waals surface area contributed by atoms with Gasteiger partial charge in [-0.05, 0) is 74.0 Å². The maximum absolute atomic E-state index is 14.7. The van der Waals surface area contributed by atoms with Crippen LogP contribution in [0.1, 0.15) is 12.8 Å². The van der Waals surface area contributed by atoms with Gasteiger partial charge in [0.05, 0.1) is 16.7 Å². The first-order chi connectivity index (χ1) is 19.2. The summed E-state index contributed by atoms with van der Waals surface area (Å²) in [7, 11) is 0. The summed E-state index contributed by atoms with van der Waals surface area (Å²) in [6.07, 6.45) is 7.60. The summed E-state index contributed by atoms with van der Waals surface area (Å²) in [6.45, 7) is 3.55. The highest BCUT2D eigenvalue weighted by molar-refractivity contribution is 5.95. The number of hydrogen-bond donors (Lipinski definition) is 2. The number of ether oxygens (including phenoxy) is 1. The van der Waals surface area contributed by atoms with Crippen molar-refractivity contribution in [3.63, 3.8) is 0 Å². The fraction of sp³-hybridized carbons (Fsp3) is 0.207. The molecular weight excluding hydrogens is 495 g/mol. The Hall–Kier alpha value is -4.70. The van der Waals surface area contributed by atoms with Gasteiger partial charge in [-0.3, -0.25) is 15.0 Å². The molecule has 0 saturated carbocycles. The van der Waals surface area contributed by atoms with Crippen LogP contribution in [0, 0.1) is 5.82 Å². The van der Waals surface area contributed by atoms with Gasteiger partial charge < -0.3 is 9.72 Å². The topological polar surface area (TPSA) is 108 Å². The number of H-pyrrole nitrogens is 2. The van der Waals surface area contributed by atoms with Crippen LogP contribution in [0.5, 0.6) is 5.75 Å². The summed E-state index contributed by atoms with van der Waals surface area (Å²) < 4.78 is 20.6. The van der Waals surface area contributed by atoms with Crippen molar-refractivity contribution in [1.29, 1.82) is 0 Å². The lowest BCUT2D eigenvalue weighted by molar-refractivity contribution is 0.237. The number of aromatic nitrogens is 7. The number of benzene rings is 1. The second-order valence-corrected chi connectivity index (χ2v) is 9.62. The van der Waals surface area contributed by atoms with Crippen molar-refractivity contribution in [2.75, 3.05) is 26.2 Å². The van der Waals surface area contributed by atoms with Crippen LogP contribution < -0.4 is 4.74 Å². The molecule has 6 aromatic rings. The molecule has 0 unspecified atom stereocenters. The lowest BCUT2D eigenvalue weighted by Crippen LogP contribution is -2.25. The first-order valence-electron chi connectivity index (χ1n) is 13.0. The average Bonchev–Trinajstić information content (AvgIpc) is 3.72. The Morgan fingerprint density at radius 1 is 0.923 bits per heavy atom. The minimum atomic E-state index is -0.362. The number of pyridine rings is 3. The summed E-state index contributed by atoms with van der Waals surface area (Å²) in [4.78, 5) is 23.8. The Balaban J connectivity index is 1.23. The number of hydrogen-bond acceptors (Lipinski definition) is 7. The van der Waals surface area contributed by atoms with E-state index < -0.39 is 0 Å². The molecule has 0 atom stereocenters. The number of fused-ring (bicyclic) bond motifs is 2. The molecule has 0 spiro atoms. The zero-order valence-corrected chi connectivity index (χ0v) is 21.1. The van der Waals surface area contributed by atoms with Gasteiger partial charge in [-0.15, -0.1) is 0 Å². The number of rotatable bonds is 7. The third kappa shape index (κ3) is 4.59. The number of halogens is 1. The van der Waals surface area contributed by atoms with Gasteiger partial charge in [-0.25, -0.2) is 19.3 Å². The maximum Gasteiger partial charge on any atom is 0.178 e. The Kier molecular flexibility index (Phi) is 5.93. The van der Waals surface area contributed by atoms with Gasteiger partial charge in [0.2, 0.25) is 0 Å². The Morgan fingerprint density at radius 3 is 2.67 bits per heavy atom. The van der Waals surface area contributed by atoms with Gasteiger partial charge in [0.25, 0.3) is 0 Å². The molecule has 9 nitrogen and oxygen atoms in total. The second kappa shape index (κ2) is 9.88. The van der Waals surface area contributed by atoms with E-state index in [1.54, 1.807) is 18.6 Å². The minimum Gasteiger partial charge on any atom is -0.492 e. The van der Waals surface area contributed by atoms with Gasteiger partial charge in [-0.2, -0.15) is 5.10 Å². The van der Waals surface area contributed by atoms with E-state index in [1.165, 1.54) is 25.0 Å². The minimum absolute atomic E-state index is 0.362. The highest BCUT2D eigenvalue weighted by atomic mass is 19.1. The van der Waals surface area contributed by atoms with E-state index in [-0.39, 0.29) is 5.82 Å². The highest BCUT2D eigenvalue weighted by Gasteiger charge is 2.18. The fourth-order valence-corrected chi connectivity index (χ4v) is 5.11. The fourth-order valence-electron chi connectivity index (χ4n) is 5.11. The molecule has 1 fully saturated rings. The molecule has 1 saturated heterocycles. The summed E-state index contributed by atoms with van der Waals surface area (Å²) in [5, 5.41) is 7.52. The van der Waals surface area contributed by atoms with Crippen LogP contribution in [0.4, 0.5) is 4.39 Å². The molecule has 0 amide bonds. The smallest absolute Gasteiger partial charge is 0.178 e. The van der Waals surface area contributed by atoms with Crippen molar-refractivity contribution < 1.29 is 9.13 Å². The molecule has 6 heterocycles. The number of aromatic amines is 2. The SMILES string of the molecule is Fc1cc(OCCN2CCCC2)cc(-c2ccnc3nc(-c4n[nH]c5ccc(-c6ccncc6)nc45)[nH]c23)c1. The van der Waals surface area contributed by atoms with Gasteiger partial charge in [0, 0.05) is 42.3 Å². The summed E-state index contributed by atoms with van der Waals surface area (Å²) in [6, 6.07) is 14.3. The van der Waals surface area contributed by atoms with Crippen molar-refractivity contribution in [3.8, 4) is 39.7 Å². The molecule has 5 aromatic heterocycles. The van der Waals surface area contributed by atoms with Crippen LogP contribution in [0.3, 0.4) is 0 Å². The van der Waals surface area contributed by atoms with Gasteiger partial charge >= 0.3 is 0 Å². The van der Waals surface area contributed by atoms with Crippen molar-refractivity contribution >= 4 is 22.2 Å². The molecule has 194 valence electrons. The summed E-state index contributed by atoms with van der Waals surface area (Å²) in [5.74, 6) is 0.661. The maximum atomic E-state index is 14.7. The van der Waals surface area contributed by atoms with Crippen LogP contribution in [0.25, 0.3) is 56.1 Å². The highest BCUT2D eigenvalue weighted by Crippen LogP contribution is 2.33. The lowest BCUT2D eigenvalue weighted by atomic mass is 10.1. The monoisotopic (exact) mass is 520 g/mol. The standard InChI is InChI=1S/C29H25FN8O/c30-20-15-19(16-21(17-20)39-14-13-38-11-1-2-12-38)22-7-10-32-28-25(22)34-29(35-28)27-26-24(36-37-27)4-3-23(33-26)18-5-8-31-9-6-18/h3-10,15-17H,1-2,11-14H2,(H,36,37)(H,32,34,35). The Morgan fingerprint density at radius 2 is 1.79 bits per heavy atom. The lowest BCUT2D eigenvalue weighted by Gasteiger charge is -2.15. The molecule has 7 rings (SSSR count). The molecule has 1 aliphatic heterocycles. The van der Waals surface area contributed by atoms with Gasteiger partial charge in [0.15, 0.2) is 17.2 Å². The predicted molar refractivity (Wildman–Crippen MR) is 147 cm³/mol. The number of imidazole rings is 1. The average molecular weight is 521 g/mol. The van der Waals surface area contributed by atoms with E-state index in [2.05, 4.69) is 30.0 Å². The normalized spacial score (nSPS) is 14.0. The Labute approximate surface area is 223 Å². The van der Waals surface area contributed by atoms with Crippen molar-refractivity contribution in [2.45, 2.75) is 12.8 Å². The number of nitrogens with one attached hydrogen (secondary N) is 2. The van der Waals surface area contributed by atoms with Gasteiger partial charge in [0.1, 0.15) is 23.7 Å². The van der Waals surface area contributed by atoms with Crippen molar-refractivity contribution in [2.24, 2.45) is 0 Å². The van der Waals surface area contributed by atoms with Crippen LogP contribution in [0.15, 0.2) is 67.1 Å². The van der Waals surface area contributed by atoms with E-state index >= 15 is 0 Å². The molecule has 0 bridgehead atoms. The third-order valence-electron chi connectivity index (χ3n) is 7.06. The third-order valence-corrected chi connectivity index (χ3v) is 7.06. The molecular formula is C29H25FN8O. The summed E-state index contributed by atoms with van der Waals surface area (Å²) in [5.41, 5.74) is 6.45. The van der Waals surface area contributed by atoms with Crippen LogP contribution in [-0.2, 0) is 0 Å². The number of likely N-dealkylation sites (tertiary alicyclic amines) is 1.